The lowest BCUT2D eigenvalue weighted by molar-refractivity contribution is 0.196. The molecule has 0 saturated carbocycles. The molecule has 0 aliphatic heterocycles. The Morgan fingerprint density at radius 2 is 1.39 bits per heavy atom. The van der Waals surface area contributed by atoms with Crippen LogP contribution in [0.4, 0.5) is 4.79 Å². The molecule has 3 aromatic rings. The molecule has 3 nitrogen and oxygen atoms in total. The van der Waals surface area contributed by atoms with Gasteiger partial charge in [-0.2, -0.15) is 0 Å². The molecule has 2 N–H and O–H groups in total. The van der Waals surface area contributed by atoms with Crippen LogP contribution in [-0.4, -0.2) is 17.7 Å². The van der Waals surface area contributed by atoms with Gasteiger partial charge >= 0.3 is 6.09 Å². The molecule has 3 rings (SSSR count). The average molecular weight is 516 g/mol. The summed E-state index contributed by atoms with van der Waals surface area (Å²) in [6, 6.07) is 25.9. The lowest BCUT2D eigenvalue weighted by atomic mass is 9.98. The first kappa shape index (κ1) is 36.4. The highest BCUT2D eigenvalue weighted by atomic mass is 16.4. The van der Waals surface area contributed by atoms with E-state index in [9.17, 15) is 4.79 Å². The Balaban J connectivity index is 0. The third-order valence-corrected chi connectivity index (χ3v) is 4.74. The van der Waals surface area contributed by atoms with Crippen LogP contribution in [0.5, 0.6) is 0 Å². The monoisotopic (exact) mass is 515 g/mol. The maximum absolute atomic E-state index is 9.55. The molecule has 0 unspecified atom stereocenters. The van der Waals surface area contributed by atoms with E-state index in [1.807, 2.05) is 33.0 Å². The van der Waals surface area contributed by atoms with Crippen LogP contribution in [-0.2, 0) is 6.42 Å². The second-order valence-electron chi connectivity index (χ2n) is 7.79. The van der Waals surface area contributed by atoms with Crippen LogP contribution in [0.15, 0.2) is 72.8 Å². The van der Waals surface area contributed by atoms with Gasteiger partial charge in [0.1, 0.15) is 0 Å². The molecule has 1 amide bonds. The van der Waals surface area contributed by atoms with Crippen LogP contribution in [0, 0.1) is 19.3 Å². The van der Waals surface area contributed by atoms with Crippen molar-refractivity contribution in [1.29, 1.82) is 0 Å². The Bertz CT molecular complexity index is 1060. The van der Waals surface area contributed by atoms with Gasteiger partial charge in [-0.15, -0.1) is 6.42 Å². The molecule has 0 aliphatic carbocycles. The molecule has 38 heavy (non-hydrogen) atoms. The summed E-state index contributed by atoms with van der Waals surface area (Å²) >= 11 is 0. The zero-order valence-corrected chi connectivity index (χ0v) is 24.8. The van der Waals surface area contributed by atoms with Crippen molar-refractivity contribution in [3.63, 3.8) is 0 Å². The smallest absolute Gasteiger partial charge is 0.405 e. The standard InChI is InChI=1S/C24H24.C4H5NO2.C3H8.2C2H6/c1-3-9-21-12-7-8-13-23(21)16-14-20-15-17-24(18-19(20)2)22-10-5-4-6-11-22;1-2-3-5-4(6)7;1-3-2;2*1-2/h4-8,10-18H,3,9H2,1-2H3;1,5H,3H2,(H,6,7);3H2,1-2H3;2*1-2H3/b16-14+;;;;. The van der Waals surface area contributed by atoms with E-state index in [-0.39, 0.29) is 6.54 Å². The summed E-state index contributed by atoms with van der Waals surface area (Å²) in [4.78, 5) is 9.55. The molecule has 0 fully saturated rings. The third kappa shape index (κ3) is 16.1. The number of amides is 1. The number of benzene rings is 3. The van der Waals surface area contributed by atoms with E-state index in [1.165, 1.54) is 46.2 Å². The first-order valence-corrected chi connectivity index (χ1v) is 13.8. The summed E-state index contributed by atoms with van der Waals surface area (Å²) in [7, 11) is 0. The summed E-state index contributed by atoms with van der Waals surface area (Å²) in [5.41, 5.74) is 7.88. The van der Waals surface area contributed by atoms with Gasteiger partial charge in [0, 0.05) is 0 Å². The molecule has 0 bridgehead atoms. The summed E-state index contributed by atoms with van der Waals surface area (Å²) in [5, 5.41) is 9.81. The highest BCUT2D eigenvalue weighted by molar-refractivity contribution is 5.75. The minimum absolute atomic E-state index is 0.0787. The Morgan fingerprint density at radius 3 is 1.89 bits per heavy atom. The van der Waals surface area contributed by atoms with E-state index in [2.05, 4.69) is 119 Å². The fourth-order valence-corrected chi connectivity index (χ4v) is 3.17. The molecule has 0 atom stereocenters. The number of rotatable bonds is 6. The van der Waals surface area contributed by atoms with E-state index in [1.54, 1.807) is 0 Å². The second kappa shape index (κ2) is 24.9. The lowest BCUT2D eigenvalue weighted by Crippen LogP contribution is -2.20. The van der Waals surface area contributed by atoms with Crippen LogP contribution < -0.4 is 5.32 Å². The predicted octanol–water partition coefficient (Wildman–Crippen LogP) is 10.1. The first-order valence-electron chi connectivity index (χ1n) is 13.8. The quantitative estimate of drug-likeness (QED) is 0.253. The van der Waals surface area contributed by atoms with Gasteiger partial charge in [-0.1, -0.05) is 152 Å². The van der Waals surface area contributed by atoms with Crippen LogP contribution in [0.1, 0.15) is 83.6 Å². The lowest BCUT2D eigenvalue weighted by Gasteiger charge is -2.07. The van der Waals surface area contributed by atoms with Crippen LogP contribution in [0.3, 0.4) is 0 Å². The van der Waals surface area contributed by atoms with Gasteiger partial charge < -0.3 is 10.4 Å². The second-order valence-corrected chi connectivity index (χ2v) is 7.79. The highest BCUT2D eigenvalue weighted by Crippen LogP contribution is 2.23. The number of carboxylic acid groups (broad SMARTS) is 1. The Labute approximate surface area is 233 Å². The number of carbonyl (C=O) groups is 1. The van der Waals surface area contributed by atoms with E-state index < -0.39 is 6.09 Å². The van der Waals surface area contributed by atoms with Crippen LogP contribution in [0.2, 0.25) is 0 Å². The molecule has 0 radical (unpaired) electrons. The Hall–Kier alpha value is -3.77. The van der Waals surface area contributed by atoms with Crippen molar-refractivity contribution < 1.29 is 9.90 Å². The maximum Gasteiger partial charge on any atom is 0.405 e. The Kier molecular flexibility index (Phi) is 23.8. The summed E-state index contributed by atoms with van der Waals surface area (Å²) in [5.74, 6) is 2.11. The van der Waals surface area contributed by atoms with Crippen molar-refractivity contribution in [2.45, 2.75) is 74.7 Å². The van der Waals surface area contributed by atoms with Crippen LogP contribution >= 0.6 is 0 Å². The molecule has 0 heterocycles. The predicted molar refractivity (Wildman–Crippen MR) is 170 cm³/mol. The molecular formula is C35H49NO2. The van der Waals surface area contributed by atoms with Gasteiger partial charge in [0.05, 0.1) is 6.54 Å². The van der Waals surface area contributed by atoms with Crippen molar-refractivity contribution >= 4 is 18.2 Å². The van der Waals surface area contributed by atoms with E-state index >= 15 is 0 Å². The van der Waals surface area contributed by atoms with Crippen molar-refractivity contribution in [3.05, 3.63) is 95.1 Å². The summed E-state index contributed by atoms with van der Waals surface area (Å²) < 4.78 is 0. The van der Waals surface area contributed by atoms with Gasteiger partial charge in [-0.25, -0.2) is 4.79 Å². The van der Waals surface area contributed by atoms with Gasteiger partial charge in [-0.3, -0.25) is 0 Å². The number of hydrogen-bond donors (Lipinski definition) is 2. The normalized spacial score (nSPS) is 9.03. The zero-order chi connectivity index (χ0) is 29.2. The van der Waals surface area contributed by atoms with Crippen molar-refractivity contribution in [1.82, 2.24) is 5.32 Å². The molecule has 3 aromatic carbocycles. The molecule has 0 saturated heterocycles. The van der Waals surface area contributed by atoms with E-state index in [0.717, 1.165) is 6.42 Å². The number of aryl methyl sites for hydroxylation is 2. The average Bonchev–Trinajstić information content (AvgIpc) is 2.95. The maximum atomic E-state index is 9.55. The van der Waals surface area contributed by atoms with Crippen molar-refractivity contribution in [2.24, 2.45) is 0 Å². The fraction of sp³-hybridized carbons (Fsp3) is 0.343. The number of hydrogen-bond acceptors (Lipinski definition) is 1. The minimum Gasteiger partial charge on any atom is -0.465 e. The van der Waals surface area contributed by atoms with Gasteiger partial charge in [0.2, 0.25) is 0 Å². The Morgan fingerprint density at radius 1 is 0.842 bits per heavy atom. The van der Waals surface area contributed by atoms with E-state index in [4.69, 9.17) is 11.5 Å². The zero-order valence-electron chi connectivity index (χ0n) is 24.8. The molecule has 0 aliphatic rings. The van der Waals surface area contributed by atoms with Gasteiger partial charge in [0.15, 0.2) is 0 Å². The molecule has 0 aromatic heterocycles. The summed E-state index contributed by atoms with van der Waals surface area (Å²) in [6.45, 7) is 16.7. The minimum atomic E-state index is -1.09. The van der Waals surface area contributed by atoms with Crippen LogP contribution in [0.25, 0.3) is 23.3 Å². The number of terminal acetylenes is 1. The van der Waals surface area contributed by atoms with Gasteiger partial charge in [0.25, 0.3) is 0 Å². The fourth-order valence-electron chi connectivity index (χ4n) is 3.17. The summed E-state index contributed by atoms with van der Waals surface area (Å²) in [6.07, 6.45) is 11.7. The molecule has 0 spiro atoms. The van der Waals surface area contributed by atoms with Crippen molar-refractivity contribution in [3.8, 4) is 23.5 Å². The van der Waals surface area contributed by atoms with Crippen molar-refractivity contribution in [2.75, 3.05) is 6.54 Å². The van der Waals surface area contributed by atoms with Gasteiger partial charge in [-0.05, 0) is 46.7 Å². The van der Waals surface area contributed by atoms with E-state index in [0.29, 0.717) is 0 Å². The molecule has 3 heteroatoms. The SMILES string of the molecule is C#CCNC(=O)O.CC.CC.CCC.CCCc1ccccc1/C=C/c1ccc(-c2ccccc2)cc1C. The largest absolute Gasteiger partial charge is 0.465 e. The molecule has 206 valence electrons. The molecular weight excluding hydrogens is 466 g/mol. The number of nitrogens with one attached hydrogen (secondary N) is 1. The topological polar surface area (TPSA) is 49.3 Å². The highest BCUT2D eigenvalue weighted by Gasteiger charge is 2.01. The third-order valence-electron chi connectivity index (χ3n) is 4.74. The first-order chi connectivity index (χ1) is 18.5.